The van der Waals surface area contributed by atoms with E-state index >= 15 is 0 Å². The fraction of sp³-hybridized carbons (Fsp3) is 0.462. The van der Waals surface area contributed by atoms with E-state index in [1.54, 1.807) is 19.1 Å². The Morgan fingerprint density at radius 3 is 3.12 bits per heavy atom. The zero-order chi connectivity index (χ0) is 13.4. The van der Waals surface area contributed by atoms with Crippen molar-refractivity contribution in [2.24, 2.45) is 5.92 Å². The Kier molecular flexibility index (Phi) is 2.63. The lowest BCUT2D eigenvalue weighted by Crippen LogP contribution is -2.19. The minimum Gasteiger partial charge on any atom is -0.508 e. The van der Waals surface area contributed by atoms with Crippen LogP contribution in [0.25, 0.3) is 0 Å². The van der Waals surface area contributed by atoms with E-state index in [4.69, 9.17) is 6.48 Å². The Morgan fingerprint density at radius 2 is 2.47 bits per heavy atom. The van der Waals surface area contributed by atoms with Gasteiger partial charge in [0.1, 0.15) is 5.75 Å². The van der Waals surface area contributed by atoms with Gasteiger partial charge >= 0.3 is 5.97 Å². The number of nitrogens with zero attached hydrogens (tertiary/aromatic N) is 1. The van der Waals surface area contributed by atoms with Crippen LogP contribution in [0.1, 0.15) is 26.2 Å². The number of rotatable bonds is 3. The molecule has 0 saturated heterocycles. The van der Waals surface area contributed by atoms with Crippen molar-refractivity contribution in [1.82, 2.24) is 0 Å². The quantitative estimate of drug-likeness (QED) is 0.843. The van der Waals surface area contributed by atoms with Crippen molar-refractivity contribution >= 4 is 11.7 Å². The Labute approximate surface area is 102 Å². The summed E-state index contributed by atoms with van der Waals surface area (Å²) >= 11 is 0. The van der Waals surface area contributed by atoms with E-state index in [-0.39, 0.29) is 17.7 Å². The van der Waals surface area contributed by atoms with Crippen LogP contribution in [0.15, 0.2) is 18.2 Å². The van der Waals surface area contributed by atoms with Gasteiger partial charge in [-0.3, -0.25) is 4.79 Å². The summed E-state index contributed by atoms with van der Waals surface area (Å²) in [5.41, 5.74) is 1.86. The van der Waals surface area contributed by atoms with E-state index in [2.05, 4.69) is 0 Å². The zero-order valence-corrected chi connectivity index (χ0v) is 9.97. The molecule has 1 aromatic rings. The molecule has 0 radical (unpaired) electrons. The summed E-state index contributed by atoms with van der Waals surface area (Å²) in [5.74, 6) is -1.12. The van der Waals surface area contributed by atoms with Crippen LogP contribution in [0.4, 0.5) is 5.69 Å². The molecule has 92 valence electrons. The van der Waals surface area contributed by atoms with Gasteiger partial charge in [-0.05, 0) is 18.0 Å². The van der Waals surface area contributed by atoms with E-state index in [0.29, 0.717) is 6.42 Å². The number of benzene rings is 1. The lowest BCUT2D eigenvalue weighted by molar-refractivity contribution is -0.141. The first kappa shape index (κ1) is 10.4. The van der Waals surface area contributed by atoms with Crippen molar-refractivity contribution < 1.29 is 16.4 Å². The number of anilines is 1. The monoisotopic (exact) mass is 236 g/mol. The standard InChI is InChI=1S/C13H17NO3/c1-8(13(16)17)5-9-7-14(2)12-6-10(15)3-4-11(9)12/h3-4,6,8-9,15H,5,7H2,1-2H3,(H,16,17)/i3D. The predicted octanol–water partition coefficient (Wildman–Crippen LogP) is 2.04. The third-order valence-corrected chi connectivity index (χ3v) is 3.35. The number of hydrogen-bond acceptors (Lipinski definition) is 3. The van der Waals surface area contributed by atoms with Gasteiger partial charge in [-0.2, -0.15) is 0 Å². The van der Waals surface area contributed by atoms with E-state index < -0.39 is 11.9 Å². The van der Waals surface area contributed by atoms with Crippen LogP contribution < -0.4 is 4.90 Å². The topological polar surface area (TPSA) is 60.8 Å². The molecule has 1 aliphatic heterocycles. The molecule has 4 nitrogen and oxygen atoms in total. The van der Waals surface area contributed by atoms with Crippen molar-refractivity contribution in [2.45, 2.75) is 19.3 Å². The number of carboxylic acids is 1. The van der Waals surface area contributed by atoms with Crippen LogP contribution >= 0.6 is 0 Å². The third kappa shape index (κ3) is 2.20. The van der Waals surface area contributed by atoms with Crippen LogP contribution in [0.2, 0.25) is 0 Å². The molecule has 0 bridgehead atoms. The predicted molar refractivity (Wildman–Crippen MR) is 65.5 cm³/mol. The van der Waals surface area contributed by atoms with Gasteiger partial charge < -0.3 is 15.1 Å². The van der Waals surface area contributed by atoms with Crippen LogP contribution in [-0.4, -0.2) is 29.8 Å². The second kappa shape index (κ2) is 4.28. The average Bonchev–Trinajstić information content (AvgIpc) is 2.57. The number of phenolic OH excluding ortho intramolecular Hbond substituents is 1. The van der Waals surface area contributed by atoms with Crippen LogP contribution in [0.5, 0.6) is 5.75 Å². The summed E-state index contributed by atoms with van der Waals surface area (Å²) in [6.45, 7) is 2.43. The highest BCUT2D eigenvalue weighted by molar-refractivity contribution is 5.70. The number of phenols is 1. The summed E-state index contributed by atoms with van der Waals surface area (Å²) in [4.78, 5) is 12.9. The van der Waals surface area contributed by atoms with Gasteiger partial charge in [0.05, 0.1) is 7.29 Å². The van der Waals surface area contributed by atoms with E-state index in [1.807, 2.05) is 11.9 Å². The second-order valence-corrected chi connectivity index (χ2v) is 4.71. The summed E-state index contributed by atoms with van der Waals surface area (Å²) in [6.07, 6.45) is 0.552. The Bertz CT molecular complexity index is 489. The molecule has 0 fully saturated rings. The van der Waals surface area contributed by atoms with Crippen LogP contribution in [-0.2, 0) is 4.79 Å². The third-order valence-electron chi connectivity index (χ3n) is 3.35. The maximum absolute atomic E-state index is 10.9. The number of aromatic hydroxyl groups is 1. The molecule has 1 heterocycles. The van der Waals surface area contributed by atoms with Crippen LogP contribution in [0, 0.1) is 5.92 Å². The molecular formula is C13H17NO3. The van der Waals surface area contributed by atoms with Gasteiger partial charge in [0.25, 0.3) is 0 Å². The summed E-state index contributed by atoms with van der Waals surface area (Å²) in [7, 11) is 1.91. The second-order valence-electron chi connectivity index (χ2n) is 4.71. The average molecular weight is 236 g/mol. The molecule has 0 saturated carbocycles. The van der Waals surface area contributed by atoms with E-state index in [0.717, 1.165) is 17.8 Å². The number of carboxylic acid groups (broad SMARTS) is 1. The molecule has 2 rings (SSSR count). The molecule has 0 aliphatic carbocycles. The minimum absolute atomic E-state index is 0.0347. The number of fused-ring (bicyclic) bond motifs is 1. The van der Waals surface area contributed by atoms with Gasteiger partial charge in [0.2, 0.25) is 0 Å². The lowest BCUT2D eigenvalue weighted by atomic mass is 9.91. The fourth-order valence-electron chi connectivity index (χ4n) is 2.39. The molecule has 0 aromatic heterocycles. The summed E-state index contributed by atoms with van der Waals surface area (Å²) in [5, 5.41) is 18.5. The Balaban J connectivity index is 2.29. The Morgan fingerprint density at radius 1 is 1.76 bits per heavy atom. The van der Waals surface area contributed by atoms with Crippen molar-refractivity contribution in [3.63, 3.8) is 0 Å². The highest BCUT2D eigenvalue weighted by Crippen LogP contribution is 2.40. The number of carbonyl (C=O) groups is 1. The van der Waals surface area contributed by atoms with Crippen LogP contribution in [0.3, 0.4) is 0 Å². The van der Waals surface area contributed by atoms with Crippen molar-refractivity contribution in [3.8, 4) is 5.75 Å². The maximum Gasteiger partial charge on any atom is 0.306 e. The number of likely N-dealkylation sites (N-methyl/N-ethyl adjacent to an activating group) is 1. The van der Waals surface area contributed by atoms with Gasteiger partial charge in [0.15, 0.2) is 0 Å². The molecule has 4 heteroatoms. The molecule has 0 amide bonds. The highest BCUT2D eigenvalue weighted by Gasteiger charge is 2.29. The van der Waals surface area contributed by atoms with Crippen molar-refractivity contribution in [1.29, 1.82) is 0 Å². The Hall–Kier alpha value is -1.71. The smallest absolute Gasteiger partial charge is 0.306 e. The molecule has 0 spiro atoms. The first-order valence-electron chi connectivity index (χ1n) is 6.17. The molecule has 2 atom stereocenters. The highest BCUT2D eigenvalue weighted by atomic mass is 16.4. The maximum atomic E-state index is 10.9. The molecule has 2 N–H and O–H groups in total. The van der Waals surface area contributed by atoms with Gasteiger partial charge in [-0.1, -0.05) is 13.0 Å². The lowest BCUT2D eigenvalue weighted by Gasteiger charge is -2.14. The van der Waals surface area contributed by atoms with E-state index in [1.165, 1.54) is 0 Å². The van der Waals surface area contributed by atoms with Crippen molar-refractivity contribution in [2.75, 3.05) is 18.5 Å². The zero-order valence-electron chi connectivity index (χ0n) is 11.0. The normalized spacial score (nSPS) is 20.9. The number of aliphatic carboxylic acids is 1. The minimum atomic E-state index is -0.795. The summed E-state index contributed by atoms with van der Waals surface area (Å²) in [6, 6.07) is 3.33. The molecule has 1 aliphatic rings. The summed E-state index contributed by atoms with van der Waals surface area (Å²) < 4.78 is 7.63. The first-order valence-corrected chi connectivity index (χ1v) is 5.67. The first-order chi connectivity index (χ1) is 8.40. The van der Waals surface area contributed by atoms with Gasteiger partial charge in [0, 0.05) is 31.3 Å². The molecular weight excluding hydrogens is 218 g/mol. The SMILES string of the molecule is [2H]c1cc2c(cc1O)N(C)CC2CC(C)C(=O)O. The van der Waals surface area contributed by atoms with Gasteiger partial charge in [-0.15, -0.1) is 0 Å². The molecule has 17 heavy (non-hydrogen) atoms. The molecule has 1 aromatic carbocycles. The fourth-order valence-corrected chi connectivity index (χ4v) is 2.39. The molecule has 2 unspecified atom stereocenters. The number of hydrogen-bond donors (Lipinski definition) is 2. The van der Waals surface area contributed by atoms with E-state index in [9.17, 15) is 9.90 Å². The van der Waals surface area contributed by atoms with Crippen molar-refractivity contribution in [3.05, 3.63) is 23.7 Å². The van der Waals surface area contributed by atoms with Gasteiger partial charge in [-0.25, -0.2) is 0 Å². The largest absolute Gasteiger partial charge is 0.508 e.